The maximum atomic E-state index is 4.74. The maximum absolute atomic E-state index is 4.74. The smallest absolute Gasteiger partial charge is 0.138 e. The van der Waals surface area contributed by atoms with E-state index in [0.717, 1.165) is 38.5 Å². The van der Waals surface area contributed by atoms with Crippen molar-refractivity contribution in [3.05, 3.63) is 72.8 Å². The van der Waals surface area contributed by atoms with Crippen molar-refractivity contribution in [3.8, 4) is 22.0 Å². The van der Waals surface area contributed by atoms with Gasteiger partial charge in [0.15, 0.2) is 0 Å². The van der Waals surface area contributed by atoms with Crippen LogP contribution in [0, 0.1) is 0 Å². The van der Waals surface area contributed by atoms with Crippen LogP contribution in [-0.2, 0) is 0 Å². The summed E-state index contributed by atoms with van der Waals surface area (Å²) in [6.07, 6.45) is 0. The summed E-state index contributed by atoms with van der Waals surface area (Å²) < 4.78 is 1.21. The molecule has 4 heteroatoms. The summed E-state index contributed by atoms with van der Waals surface area (Å²) in [5.41, 5.74) is 5.26. The average molecular weight is 327 g/mol. The van der Waals surface area contributed by atoms with Crippen molar-refractivity contribution in [1.82, 2.24) is 15.0 Å². The zero-order valence-corrected chi connectivity index (χ0v) is 13.5. The Bertz CT molecular complexity index is 1120. The van der Waals surface area contributed by atoms with Gasteiger partial charge in [-0.25, -0.2) is 9.97 Å². The van der Waals surface area contributed by atoms with E-state index in [2.05, 4.69) is 58.5 Å². The molecule has 5 rings (SSSR count). The first-order chi connectivity index (χ1) is 11.9. The van der Waals surface area contributed by atoms with Crippen molar-refractivity contribution in [2.45, 2.75) is 0 Å². The molecular weight excluding hydrogens is 314 g/mol. The van der Waals surface area contributed by atoms with Crippen LogP contribution >= 0.6 is 11.3 Å². The van der Waals surface area contributed by atoms with Gasteiger partial charge in [-0.3, -0.25) is 0 Å². The highest BCUT2D eigenvalue weighted by Crippen LogP contribution is 2.32. The third-order valence-electron chi connectivity index (χ3n) is 4.07. The van der Waals surface area contributed by atoms with E-state index >= 15 is 0 Å². The number of nitrogens with zero attached hydrogens (tertiary/aromatic N) is 2. The molecule has 0 aliphatic heterocycles. The lowest BCUT2D eigenvalue weighted by molar-refractivity contribution is 1.34. The van der Waals surface area contributed by atoms with Gasteiger partial charge in [-0.1, -0.05) is 42.5 Å². The molecule has 0 aliphatic carbocycles. The van der Waals surface area contributed by atoms with Gasteiger partial charge < -0.3 is 4.98 Å². The molecule has 0 saturated carbocycles. The van der Waals surface area contributed by atoms with Crippen LogP contribution in [0.2, 0.25) is 0 Å². The first kappa shape index (κ1) is 13.5. The quantitative estimate of drug-likeness (QED) is 0.465. The van der Waals surface area contributed by atoms with Crippen molar-refractivity contribution in [3.63, 3.8) is 0 Å². The largest absolute Gasteiger partial charge is 0.338 e. The van der Waals surface area contributed by atoms with Gasteiger partial charge in [0, 0.05) is 11.1 Å². The van der Waals surface area contributed by atoms with Crippen molar-refractivity contribution in [2.24, 2.45) is 0 Å². The van der Waals surface area contributed by atoms with Crippen LogP contribution in [0.3, 0.4) is 0 Å². The number of aromatic amines is 1. The second-order valence-corrected chi connectivity index (χ2v) is 6.70. The Morgan fingerprint density at radius 3 is 2.42 bits per heavy atom. The number of benzene rings is 3. The average Bonchev–Trinajstić information content (AvgIpc) is 3.25. The van der Waals surface area contributed by atoms with E-state index in [0.29, 0.717) is 0 Å². The molecule has 0 bridgehead atoms. The van der Waals surface area contributed by atoms with Crippen molar-refractivity contribution >= 4 is 32.6 Å². The SMILES string of the molecule is c1ccc(-c2nc3ccc(-c4nc5ccccc5s4)cc3[nH]2)cc1. The Balaban J connectivity index is 1.63. The molecule has 2 aromatic heterocycles. The Hall–Kier alpha value is -2.98. The molecule has 5 aromatic rings. The second-order valence-electron chi connectivity index (χ2n) is 5.67. The number of thiazole rings is 1. The van der Waals surface area contributed by atoms with Gasteiger partial charge >= 0.3 is 0 Å². The molecule has 0 amide bonds. The van der Waals surface area contributed by atoms with Crippen LogP contribution in [0.1, 0.15) is 0 Å². The number of fused-ring (bicyclic) bond motifs is 2. The maximum Gasteiger partial charge on any atom is 0.138 e. The number of nitrogens with one attached hydrogen (secondary N) is 1. The molecule has 24 heavy (non-hydrogen) atoms. The normalized spacial score (nSPS) is 11.3. The molecule has 114 valence electrons. The summed E-state index contributed by atoms with van der Waals surface area (Å²) in [5.74, 6) is 0.895. The van der Waals surface area contributed by atoms with Gasteiger partial charge in [0.05, 0.1) is 21.3 Å². The highest BCUT2D eigenvalue weighted by Gasteiger charge is 2.09. The van der Waals surface area contributed by atoms with Crippen molar-refractivity contribution < 1.29 is 0 Å². The van der Waals surface area contributed by atoms with Crippen LogP contribution in [0.15, 0.2) is 72.8 Å². The molecule has 3 nitrogen and oxygen atoms in total. The fraction of sp³-hybridized carbons (Fsp3) is 0. The number of hydrogen-bond acceptors (Lipinski definition) is 3. The number of imidazole rings is 1. The summed E-state index contributed by atoms with van der Waals surface area (Å²) in [7, 11) is 0. The summed E-state index contributed by atoms with van der Waals surface area (Å²) >= 11 is 1.72. The van der Waals surface area contributed by atoms with E-state index in [1.807, 2.05) is 24.3 Å². The second kappa shape index (κ2) is 5.28. The number of H-pyrrole nitrogens is 1. The van der Waals surface area contributed by atoms with E-state index in [1.165, 1.54) is 4.70 Å². The first-order valence-electron chi connectivity index (χ1n) is 7.78. The fourth-order valence-electron chi connectivity index (χ4n) is 2.87. The van der Waals surface area contributed by atoms with E-state index in [9.17, 15) is 0 Å². The van der Waals surface area contributed by atoms with Crippen LogP contribution < -0.4 is 0 Å². The monoisotopic (exact) mass is 327 g/mol. The molecule has 2 heterocycles. The first-order valence-corrected chi connectivity index (χ1v) is 8.60. The number of para-hydroxylation sites is 1. The third kappa shape index (κ3) is 2.20. The minimum absolute atomic E-state index is 0.895. The Morgan fingerprint density at radius 1 is 0.708 bits per heavy atom. The van der Waals surface area contributed by atoms with Crippen LogP contribution in [0.4, 0.5) is 0 Å². The molecule has 0 unspecified atom stereocenters. The van der Waals surface area contributed by atoms with Gasteiger partial charge in [0.25, 0.3) is 0 Å². The molecule has 3 aromatic carbocycles. The summed E-state index contributed by atoms with van der Waals surface area (Å²) in [6.45, 7) is 0. The van der Waals surface area contributed by atoms with E-state index < -0.39 is 0 Å². The van der Waals surface area contributed by atoms with E-state index in [1.54, 1.807) is 11.3 Å². The highest BCUT2D eigenvalue weighted by molar-refractivity contribution is 7.21. The molecule has 0 radical (unpaired) electrons. The summed E-state index contributed by atoms with van der Waals surface area (Å²) in [5, 5.41) is 1.04. The minimum Gasteiger partial charge on any atom is -0.338 e. The lowest BCUT2D eigenvalue weighted by Crippen LogP contribution is -1.78. The Labute approximate surface area is 142 Å². The third-order valence-corrected chi connectivity index (χ3v) is 5.16. The van der Waals surface area contributed by atoms with Crippen molar-refractivity contribution in [2.75, 3.05) is 0 Å². The summed E-state index contributed by atoms with van der Waals surface area (Å²) in [6, 6.07) is 24.7. The molecule has 0 saturated heterocycles. The van der Waals surface area contributed by atoms with Gasteiger partial charge in [-0.15, -0.1) is 11.3 Å². The van der Waals surface area contributed by atoms with E-state index in [-0.39, 0.29) is 0 Å². The van der Waals surface area contributed by atoms with Gasteiger partial charge in [-0.2, -0.15) is 0 Å². The predicted molar refractivity (Wildman–Crippen MR) is 100 cm³/mol. The van der Waals surface area contributed by atoms with Crippen molar-refractivity contribution in [1.29, 1.82) is 0 Å². The topological polar surface area (TPSA) is 41.6 Å². The van der Waals surface area contributed by atoms with Gasteiger partial charge in [-0.05, 0) is 30.3 Å². The van der Waals surface area contributed by atoms with Crippen LogP contribution in [0.25, 0.3) is 43.2 Å². The number of rotatable bonds is 2. The van der Waals surface area contributed by atoms with E-state index in [4.69, 9.17) is 4.98 Å². The minimum atomic E-state index is 0.895. The molecule has 0 spiro atoms. The number of hydrogen-bond donors (Lipinski definition) is 1. The standard InChI is InChI=1S/C20H13N3S/c1-2-6-13(7-3-1)19-21-15-11-10-14(12-17(15)22-19)20-23-16-8-4-5-9-18(16)24-20/h1-12H,(H,21,22). The fourth-order valence-corrected chi connectivity index (χ4v) is 3.83. The van der Waals surface area contributed by atoms with Gasteiger partial charge in [0.1, 0.15) is 10.8 Å². The Morgan fingerprint density at radius 2 is 1.54 bits per heavy atom. The molecule has 0 atom stereocenters. The zero-order valence-electron chi connectivity index (χ0n) is 12.7. The predicted octanol–water partition coefficient (Wildman–Crippen LogP) is 5.51. The van der Waals surface area contributed by atoms with Crippen LogP contribution in [-0.4, -0.2) is 15.0 Å². The highest BCUT2D eigenvalue weighted by atomic mass is 32.1. The van der Waals surface area contributed by atoms with Crippen LogP contribution in [0.5, 0.6) is 0 Å². The molecule has 0 fully saturated rings. The Kier molecular flexibility index (Phi) is 2.96. The molecular formula is C20H13N3S. The lowest BCUT2D eigenvalue weighted by atomic mass is 10.2. The molecule has 1 N–H and O–H groups in total. The number of aromatic nitrogens is 3. The zero-order chi connectivity index (χ0) is 15.9. The lowest BCUT2D eigenvalue weighted by Gasteiger charge is -1.95. The summed E-state index contributed by atoms with van der Waals surface area (Å²) in [4.78, 5) is 12.8. The van der Waals surface area contributed by atoms with Gasteiger partial charge in [0.2, 0.25) is 0 Å². The molecule has 0 aliphatic rings.